The normalized spacial score (nSPS) is 11.9. The lowest BCUT2D eigenvalue weighted by Gasteiger charge is -2.23. The zero-order chi connectivity index (χ0) is 14.7. The molecule has 0 aliphatic carbocycles. The van der Waals surface area contributed by atoms with E-state index >= 15 is 0 Å². The zero-order valence-electron chi connectivity index (χ0n) is 11.8. The fourth-order valence-electron chi connectivity index (χ4n) is 1.46. The topological polar surface area (TPSA) is 78.9 Å². The summed E-state index contributed by atoms with van der Waals surface area (Å²) >= 11 is 1.56. The van der Waals surface area contributed by atoms with E-state index in [4.69, 9.17) is 9.84 Å². The van der Waals surface area contributed by atoms with E-state index in [1.807, 2.05) is 20.1 Å². The second-order valence-electron chi connectivity index (χ2n) is 3.90. The van der Waals surface area contributed by atoms with Gasteiger partial charge in [0, 0.05) is 19.7 Å². The van der Waals surface area contributed by atoms with Crippen LogP contribution in [0, 0.1) is 0 Å². The lowest BCUT2D eigenvalue weighted by molar-refractivity contribution is -0.139. The number of ether oxygens (including phenoxy) is 1. The van der Waals surface area contributed by atoms with Crippen molar-refractivity contribution in [2.45, 2.75) is 26.3 Å². The first-order chi connectivity index (χ1) is 9.06. The number of carbonyl (C=O) groups is 2. The molecule has 0 fully saturated rings. The van der Waals surface area contributed by atoms with Crippen LogP contribution in [-0.2, 0) is 9.53 Å². The average Bonchev–Trinajstić information content (AvgIpc) is 2.39. The summed E-state index contributed by atoms with van der Waals surface area (Å²) in [6, 6.07) is -1.18. The third-order valence-electron chi connectivity index (χ3n) is 2.59. The number of carboxylic acids is 1. The monoisotopic (exact) mass is 292 g/mol. The summed E-state index contributed by atoms with van der Waals surface area (Å²) in [6.07, 6.45) is 2.33. The van der Waals surface area contributed by atoms with Crippen molar-refractivity contribution in [3.8, 4) is 0 Å². The predicted octanol–water partition coefficient (Wildman–Crippen LogP) is 1.26. The molecule has 0 rings (SSSR count). The highest BCUT2D eigenvalue weighted by atomic mass is 32.2. The number of hydrogen-bond acceptors (Lipinski definition) is 4. The Kier molecular flexibility index (Phi) is 10.4. The number of carbonyl (C=O) groups excluding carboxylic acids is 1. The lowest BCUT2D eigenvalue weighted by Crippen LogP contribution is -2.49. The van der Waals surface area contributed by atoms with E-state index in [9.17, 15) is 9.59 Å². The molecule has 112 valence electrons. The van der Waals surface area contributed by atoms with Gasteiger partial charge in [0.25, 0.3) is 0 Å². The smallest absolute Gasteiger partial charge is 0.326 e. The highest BCUT2D eigenvalue weighted by molar-refractivity contribution is 7.98. The summed E-state index contributed by atoms with van der Waals surface area (Å²) in [7, 11) is 0. The standard InChI is InChI=1S/C12H24N2O4S/c1-4-14(7-8-18-5-2)12(17)13-10(11(15)16)6-9-19-3/h10H,4-9H2,1-3H3,(H,13,17)(H,15,16)/t10-/m0/s1. The highest BCUT2D eigenvalue weighted by Crippen LogP contribution is 2.02. The van der Waals surface area contributed by atoms with E-state index in [0.717, 1.165) is 0 Å². The Hall–Kier alpha value is -0.950. The molecule has 0 aromatic carbocycles. The molecule has 1 atom stereocenters. The first-order valence-electron chi connectivity index (χ1n) is 6.41. The van der Waals surface area contributed by atoms with E-state index < -0.39 is 12.0 Å². The van der Waals surface area contributed by atoms with E-state index in [2.05, 4.69) is 5.32 Å². The molecule has 2 N–H and O–H groups in total. The lowest BCUT2D eigenvalue weighted by atomic mass is 10.2. The van der Waals surface area contributed by atoms with Gasteiger partial charge in [-0.1, -0.05) is 0 Å². The van der Waals surface area contributed by atoms with Crippen molar-refractivity contribution in [2.24, 2.45) is 0 Å². The maximum absolute atomic E-state index is 11.9. The summed E-state index contributed by atoms with van der Waals surface area (Å²) in [5.41, 5.74) is 0. The van der Waals surface area contributed by atoms with Crippen LogP contribution in [0.2, 0.25) is 0 Å². The van der Waals surface area contributed by atoms with Crippen molar-refractivity contribution in [3.63, 3.8) is 0 Å². The second kappa shape index (κ2) is 10.9. The van der Waals surface area contributed by atoms with Gasteiger partial charge in [0.05, 0.1) is 6.61 Å². The molecule has 0 saturated carbocycles. The number of urea groups is 1. The van der Waals surface area contributed by atoms with Gasteiger partial charge < -0.3 is 20.1 Å². The minimum atomic E-state index is -0.997. The summed E-state index contributed by atoms with van der Waals surface area (Å²) in [4.78, 5) is 24.5. The van der Waals surface area contributed by atoms with Gasteiger partial charge in [-0.15, -0.1) is 0 Å². The highest BCUT2D eigenvalue weighted by Gasteiger charge is 2.21. The molecule has 0 radical (unpaired) electrons. The van der Waals surface area contributed by atoms with E-state index in [1.54, 1.807) is 16.7 Å². The molecule has 0 heterocycles. The minimum Gasteiger partial charge on any atom is -0.480 e. The number of likely N-dealkylation sites (N-methyl/N-ethyl adjacent to an activating group) is 1. The van der Waals surface area contributed by atoms with Crippen LogP contribution in [0.5, 0.6) is 0 Å². The van der Waals surface area contributed by atoms with E-state index in [-0.39, 0.29) is 6.03 Å². The Morgan fingerprint density at radius 3 is 2.58 bits per heavy atom. The molecule has 0 spiro atoms. The van der Waals surface area contributed by atoms with Gasteiger partial charge in [-0.05, 0) is 32.3 Å². The third-order valence-corrected chi connectivity index (χ3v) is 3.23. The molecule has 0 aliphatic rings. The Morgan fingerprint density at radius 1 is 1.42 bits per heavy atom. The van der Waals surface area contributed by atoms with Crippen molar-refractivity contribution >= 4 is 23.8 Å². The number of hydrogen-bond donors (Lipinski definition) is 2. The number of thioether (sulfide) groups is 1. The molecule has 0 saturated heterocycles. The van der Waals surface area contributed by atoms with Crippen LogP contribution >= 0.6 is 11.8 Å². The molecular formula is C12H24N2O4S. The first-order valence-corrected chi connectivity index (χ1v) is 7.81. The van der Waals surface area contributed by atoms with Gasteiger partial charge >= 0.3 is 12.0 Å². The number of nitrogens with zero attached hydrogens (tertiary/aromatic N) is 1. The van der Waals surface area contributed by atoms with Gasteiger partial charge in [0.15, 0.2) is 0 Å². The van der Waals surface area contributed by atoms with Crippen LogP contribution in [0.3, 0.4) is 0 Å². The van der Waals surface area contributed by atoms with Crippen LogP contribution in [0.25, 0.3) is 0 Å². The van der Waals surface area contributed by atoms with Crippen LogP contribution < -0.4 is 5.32 Å². The average molecular weight is 292 g/mol. The van der Waals surface area contributed by atoms with Gasteiger partial charge in [-0.2, -0.15) is 11.8 Å². The van der Waals surface area contributed by atoms with E-state index in [0.29, 0.717) is 38.5 Å². The van der Waals surface area contributed by atoms with Crippen molar-refractivity contribution in [2.75, 3.05) is 38.3 Å². The summed E-state index contributed by atoms with van der Waals surface area (Å²) in [5, 5.41) is 11.6. The number of nitrogens with one attached hydrogen (secondary N) is 1. The predicted molar refractivity (Wildman–Crippen MR) is 76.7 cm³/mol. The first kappa shape index (κ1) is 18.0. The Balaban J connectivity index is 4.29. The van der Waals surface area contributed by atoms with Crippen LogP contribution in [0.4, 0.5) is 4.79 Å². The van der Waals surface area contributed by atoms with Crippen molar-refractivity contribution in [1.29, 1.82) is 0 Å². The van der Waals surface area contributed by atoms with Gasteiger partial charge in [-0.25, -0.2) is 9.59 Å². The van der Waals surface area contributed by atoms with Crippen LogP contribution in [0.1, 0.15) is 20.3 Å². The molecule has 0 aromatic heterocycles. The fraction of sp³-hybridized carbons (Fsp3) is 0.833. The van der Waals surface area contributed by atoms with Crippen LogP contribution in [-0.4, -0.2) is 66.4 Å². The number of carboxylic acid groups (broad SMARTS) is 1. The van der Waals surface area contributed by atoms with Crippen molar-refractivity contribution in [3.05, 3.63) is 0 Å². The van der Waals surface area contributed by atoms with Crippen molar-refractivity contribution < 1.29 is 19.4 Å². The van der Waals surface area contributed by atoms with Crippen molar-refractivity contribution in [1.82, 2.24) is 10.2 Å². The maximum Gasteiger partial charge on any atom is 0.326 e. The summed E-state index contributed by atoms with van der Waals surface area (Å²) < 4.78 is 5.19. The fourth-order valence-corrected chi connectivity index (χ4v) is 1.93. The SMILES string of the molecule is CCOCCN(CC)C(=O)N[C@@H](CCSC)C(=O)O. The third kappa shape index (κ3) is 7.94. The van der Waals surface area contributed by atoms with E-state index in [1.165, 1.54) is 0 Å². The van der Waals surface area contributed by atoms with Gasteiger partial charge in [-0.3, -0.25) is 0 Å². The molecule has 2 amide bonds. The number of aliphatic carboxylic acids is 1. The van der Waals surface area contributed by atoms with Crippen LogP contribution in [0.15, 0.2) is 0 Å². The number of rotatable bonds is 10. The molecule has 0 bridgehead atoms. The maximum atomic E-state index is 11.9. The minimum absolute atomic E-state index is 0.351. The Bertz CT molecular complexity index is 276. The molecule has 19 heavy (non-hydrogen) atoms. The molecule has 0 unspecified atom stereocenters. The molecular weight excluding hydrogens is 268 g/mol. The summed E-state index contributed by atoms with van der Waals surface area (Å²) in [6.45, 7) is 5.78. The largest absolute Gasteiger partial charge is 0.480 e. The molecule has 0 aliphatic heterocycles. The van der Waals surface area contributed by atoms with Gasteiger partial charge in [0.2, 0.25) is 0 Å². The molecule has 6 nitrogen and oxygen atoms in total. The quantitative estimate of drug-likeness (QED) is 0.593. The Labute approximate surface area is 118 Å². The second-order valence-corrected chi connectivity index (χ2v) is 4.88. The zero-order valence-corrected chi connectivity index (χ0v) is 12.7. The number of amides is 2. The summed E-state index contributed by atoms with van der Waals surface area (Å²) in [5.74, 6) is -0.300. The van der Waals surface area contributed by atoms with Gasteiger partial charge in [0.1, 0.15) is 6.04 Å². The molecule has 7 heteroatoms. The Morgan fingerprint density at radius 2 is 2.11 bits per heavy atom. The molecule has 0 aromatic rings.